The van der Waals surface area contributed by atoms with Crippen LogP contribution < -0.4 is 0 Å². The summed E-state index contributed by atoms with van der Waals surface area (Å²) in [5.41, 5.74) is 0. The minimum atomic E-state index is -0.864. The molecule has 0 fully saturated rings. The zero-order valence-electron chi connectivity index (χ0n) is 18.1. The van der Waals surface area contributed by atoms with Gasteiger partial charge in [-0.15, -0.1) is 0 Å². The molecule has 188 valence electrons. The van der Waals surface area contributed by atoms with Gasteiger partial charge in [0.15, 0.2) is 0 Å². The third-order valence-electron chi connectivity index (χ3n) is 4.29. The zero-order chi connectivity index (χ0) is 23.5. The van der Waals surface area contributed by atoms with Crippen molar-refractivity contribution in [2.45, 2.75) is 50.0 Å². The molecule has 3 unspecified atom stereocenters. The Hall–Kier alpha value is -0.480. The molecule has 12 heteroatoms. The average molecular weight is 461 g/mol. The highest BCUT2D eigenvalue weighted by Crippen LogP contribution is 2.08. The van der Waals surface area contributed by atoms with E-state index in [1.54, 1.807) is 0 Å². The van der Waals surface area contributed by atoms with Crippen LogP contribution in [0.2, 0.25) is 0 Å². The van der Waals surface area contributed by atoms with Crippen molar-refractivity contribution in [3.8, 4) is 0 Å². The summed E-state index contributed by atoms with van der Waals surface area (Å²) in [6.07, 6.45) is -3.71. The van der Waals surface area contributed by atoms with E-state index in [2.05, 4.69) is 0 Å². The van der Waals surface area contributed by atoms with Gasteiger partial charge in [0.05, 0.1) is 78.8 Å². The summed E-state index contributed by atoms with van der Waals surface area (Å²) >= 11 is 0. The summed E-state index contributed by atoms with van der Waals surface area (Å²) in [4.78, 5) is 0. The third kappa shape index (κ3) is 14.3. The van der Waals surface area contributed by atoms with Crippen LogP contribution in [0.25, 0.3) is 0 Å². The van der Waals surface area contributed by atoms with Crippen LogP contribution in [0, 0.1) is 0 Å². The second-order valence-corrected chi connectivity index (χ2v) is 6.89. The van der Waals surface area contributed by atoms with Crippen LogP contribution in [0.15, 0.2) is 0 Å². The summed E-state index contributed by atoms with van der Waals surface area (Å²) in [5.74, 6) is 0. The Bertz CT molecular complexity index is 339. The number of hydrogen-bond donors (Lipinski definition) is 7. The Morgan fingerprint density at radius 2 is 0.806 bits per heavy atom. The first kappa shape index (κ1) is 30.5. The molecular formula is C19H40O12. The van der Waals surface area contributed by atoms with E-state index in [0.717, 1.165) is 0 Å². The maximum absolute atomic E-state index is 9.25. The van der Waals surface area contributed by atoms with Crippen LogP contribution in [0.1, 0.15) is 13.3 Å². The van der Waals surface area contributed by atoms with Crippen molar-refractivity contribution in [3.63, 3.8) is 0 Å². The lowest BCUT2D eigenvalue weighted by atomic mass is 10.3. The molecule has 0 spiro atoms. The molecular weight excluding hydrogens is 420 g/mol. The van der Waals surface area contributed by atoms with Crippen molar-refractivity contribution in [2.75, 3.05) is 72.7 Å². The topological polar surface area (TPSA) is 188 Å². The Labute approximate surface area is 182 Å². The van der Waals surface area contributed by atoms with Crippen LogP contribution in [0.5, 0.6) is 0 Å². The fourth-order valence-corrected chi connectivity index (χ4v) is 2.37. The number of ether oxygens (including phenoxy) is 5. The first-order valence-electron chi connectivity index (χ1n) is 10.4. The Kier molecular flexibility index (Phi) is 19.8. The van der Waals surface area contributed by atoms with Gasteiger partial charge in [0.25, 0.3) is 0 Å². The van der Waals surface area contributed by atoms with Gasteiger partial charge in [-0.05, 0) is 6.42 Å². The molecule has 0 aromatic heterocycles. The highest BCUT2D eigenvalue weighted by molar-refractivity contribution is 4.67. The average Bonchev–Trinajstić information content (AvgIpc) is 2.80. The molecule has 0 aliphatic carbocycles. The Morgan fingerprint density at radius 1 is 0.452 bits per heavy atom. The predicted molar refractivity (Wildman–Crippen MR) is 108 cm³/mol. The number of aliphatic hydroxyl groups excluding tert-OH is 7. The molecule has 0 radical (unpaired) electrons. The van der Waals surface area contributed by atoms with Gasteiger partial charge in [0.2, 0.25) is 0 Å². The lowest BCUT2D eigenvalue weighted by molar-refractivity contribution is -0.154. The van der Waals surface area contributed by atoms with Crippen molar-refractivity contribution in [1.29, 1.82) is 0 Å². The highest BCUT2D eigenvalue weighted by atomic mass is 16.6. The largest absolute Gasteiger partial charge is 0.394 e. The summed E-state index contributed by atoms with van der Waals surface area (Å²) < 4.78 is 27.6. The summed E-state index contributed by atoms with van der Waals surface area (Å²) in [6, 6.07) is 0. The molecule has 0 aromatic carbocycles. The first-order valence-corrected chi connectivity index (χ1v) is 10.4. The molecule has 0 rings (SSSR count). The minimum absolute atomic E-state index is 0.00936. The number of aliphatic hydroxyl groups is 7. The second kappa shape index (κ2) is 20.1. The molecule has 0 bridgehead atoms. The van der Waals surface area contributed by atoms with Crippen LogP contribution in [-0.2, 0) is 23.7 Å². The fourth-order valence-electron chi connectivity index (χ4n) is 2.37. The van der Waals surface area contributed by atoms with Crippen molar-refractivity contribution in [1.82, 2.24) is 0 Å². The van der Waals surface area contributed by atoms with Gasteiger partial charge in [-0.25, -0.2) is 0 Å². The van der Waals surface area contributed by atoms with Gasteiger partial charge in [-0.2, -0.15) is 0 Å². The van der Waals surface area contributed by atoms with Gasteiger partial charge < -0.3 is 59.4 Å². The van der Waals surface area contributed by atoms with E-state index < -0.39 is 70.2 Å². The Balaban J connectivity index is 4.85. The Morgan fingerprint density at radius 3 is 1.13 bits per heavy atom. The lowest BCUT2D eigenvalue weighted by Gasteiger charge is -2.27. The molecule has 0 saturated carbocycles. The predicted octanol–water partition coefficient (Wildman–Crippen LogP) is -3.36. The summed E-state index contributed by atoms with van der Waals surface area (Å²) in [6.45, 7) is -0.843. The van der Waals surface area contributed by atoms with Gasteiger partial charge >= 0.3 is 0 Å². The van der Waals surface area contributed by atoms with Crippen LogP contribution in [0.4, 0.5) is 0 Å². The fraction of sp³-hybridized carbons (Fsp3) is 1.00. The van der Waals surface area contributed by atoms with Gasteiger partial charge in [0, 0.05) is 0 Å². The van der Waals surface area contributed by atoms with E-state index >= 15 is 0 Å². The van der Waals surface area contributed by atoms with E-state index in [1.165, 1.54) is 0 Å². The van der Waals surface area contributed by atoms with Crippen molar-refractivity contribution < 1.29 is 59.4 Å². The summed E-state index contributed by atoms with van der Waals surface area (Å²) in [5, 5.41) is 64.4. The standard InChI is InChI=1S/C19H40O12/c1-2-14(3-20)28-12-18(30-16(6-23)7-24)10-27-11-19(31-17(8-25)9-26)13-29-15(4-21)5-22/h14-26H,2-13H2,1H3. The van der Waals surface area contributed by atoms with E-state index in [-0.39, 0.29) is 39.1 Å². The third-order valence-corrected chi connectivity index (χ3v) is 4.29. The molecule has 31 heavy (non-hydrogen) atoms. The first-order chi connectivity index (χ1) is 15.0. The van der Waals surface area contributed by atoms with Crippen molar-refractivity contribution in [3.05, 3.63) is 0 Å². The molecule has 0 heterocycles. The van der Waals surface area contributed by atoms with E-state index in [1.807, 2.05) is 6.92 Å². The number of rotatable bonds is 22. The summed E-state index contributed by atoms with van der Waals surface area (Å²) in [7, 11) is 0. The zero-order valence-corrected chi connectivity index (χ0v) is 18.1. The van der Waals surface area contributed by atoms with Crippen LogP contribution in [-0.4, -0.2) is 145 Å². The maximum Gasteiger partial charge on any atom is 0.105 e. The van der Waals surface area contributed by atoms with Gasteiger partial charge in [-0.1, -0.05) is 6.92 Å². The highest BCUT2D eigenvalue weighted by Gasteiger charge is 2.22. The second-order valence-electron chi connectivity index (χ2n) is 6.89. The molecule has 0 saturated heterocycles. The molecule has 0 aromatic rings. The quantitative estimate of drug-likeness (QED) is 0.0851. The SMILES string of the molecule is CCC(CO)OCC(COCC(COC(CO)CO)OC(CO)CO)OC(CO)CO. The van der Waals surface area contributed by atoms with E-state index in [0.29, 0.717) is 6.42 Å². The molecule has 3 atom stereocenters. The smallest absolute Gasteiger partial charge is 0.105 e. The van der Waals surface area contributed by atoms with E-state index in [4.69, 9.17) is 33.9 Å². The molecule has 7 N–H and O–H groups in total. The van der Waals surface area contributed by atoms with Crippen molar-refractivity contribution in [2.24, 2.45) is 0 Å². The lowest BCUT2D eigenvalue weighted by Crippen LogP contribution is -2.39. The monoisotopic (exact) mass is 460 g/mol. The number of hydrogen-bond acceptors (Lipinski definition) is 12. The maximum atomic E-state index is 9.25. The molecule has 0 aliphatic rings. The molecule has 12 nitrogen and oxygen atoms in total. The van der Waals surface area contributed by atoms with Crippen LogP contribution in [0.3, 0.4) is 0 Å². The van der Waals surface area contributed by atoms with E-state index in [9.17, 15) is 25.5 Å². The van der Waals surface area contributed by atoms with Crippen molar-refractivity contribution >= 4 is 0 Å². The molecule has 0 amide bonds. The molecule has 0 aliphatic heterocycles. The van der Waals surface area contributed by atoms with Crippen LogP contribution >= 0.6 is 0 Å². The minimum Gasteiger partial charge on any atom is -0.394 e. The van der Waals surface area contributed by atoms with Gasteiger partial charge in [0.1, 0.15) is 30.5 Å². The normalized spacial score (nSPS) is 15.2. The van der Waals surface area contributed by atoms with Gasteiger partial charge in [-0.3, -0.25) is 0 Å².